The molecular formula is C24H44N2O5. The first-order valence-corrected chi connectivity index (χ1v) is 11.8. The maximum absolute atomic E-state index is 11.3. The summed E-state index contributed by atoms with van der Waals surface area (Å²) in [5.74, 6) is -1.18. The molecule has 2 fully saturated rings. The second kappa shape index (κ2) is 14.5. The van der Waals surface area contributed by atoms with Crippen molar-refractivity contribution in [1.82, 2.24) is 10.6 Å². The fourth-order valence-corrected chi connectivity index (χ4v) is 4.18. The van der Waals surface area contributed by atoms with Crippen LogP contribution in [0.3, 0.4) is 0 Å². The number of alkyl carbamates (subject to hydrolysis) is 1. The monoisotopic (exact) mass is 440 g/mol. The van der Waals surface area contributed by atoms with E-state index in [0.717, 1.165) is 12.1 Å². The van der Waals surface area contributed by atoms with E-state index < -0.39 is 29.8 Å². The van der Waals surface area contributed by atoms with Crippen LogP contribution in [0.1, 0.15) is 91.9 Å². The van der Waals surface area contributed by atoms with Crippen molar-refractivity contribution in [3.05, 3.63) is 12.7 Å². The van der Waals surface area contributed by atoms with Crippen LogP contribution in [0.4, 0.5) is 4.79 Å². The van der Waals surface area contributed by atoms with Gasteiger partial charge in [-0.2, -0.15) is 0 Å². The Bertz CT molecular complexity index is 519. The van der Waals surface area contributed by atoms with Gasteiger partial charge >= 0.3 is 12.1 Å². The standard InChI is InChI=1S/C12H21NO5.C12H23N/c1-6-7-17-11(16)13-9(10(14)15)8(2)18-12(3,4)5;1-3-7-11(8-4-1)13-12-9-5-2-6-10-12/h6,8-9H,1,7H2,2-5H3,(H,13,16)(H,14,15);11-13H,1-10H2/t8-,9+;/m1./s1. The van der Waals surface area contributed by atoms with Gasteiger partial charge in [-0.05, 0) is 53.4 Å². The number of amides is 1. The maximum atomic E-state index is 11.3. The molecule has 0 saturated heterocycles. The Morgan fingerprint density at radius 1 is 1.03 bits per heavy atom. The van der Waals surface area contributed by atoms with Crippen molar-refractivity contribution in [1.29, 1.82) is 0 Å². The van der Waals surface area contributed by atoms with E-state index >= 15 is 0 Å². The summed E-state index contributed by atoms with van der Waals surface area (Å²) in [5.41, 5.74) is -0.500. The third-order valence-corrected chi connectivity index (χ3v) is 5.56. The molecule has 0 bridgehead atoms. The highest BCUT2D eigenvalue weighted by Crippen LogP contribution is 2.22. The van der Waals surface area contributed by atoms with E-state index in [1.165, 1.54) is 70.3 Å². The molecule has 180 valence electrons. The van der Waals surface area contributed by atoms with Gasteiger partial charge in [0.2, 0.25) is 0 Å². The van der Waals surface area contributed by atoms with Crippen LogP contribution in [0, 0.1) is 0 Å². The molecule has 7 heteroatoms. The third kappa shape index (κ3) is 12.8. The highest BCUT2D eigenvalue weighted by atomic mass is 16.6. The van der Waals surface area contributed by atoms with Crippen LogP contribution in [-0.2, 0) is 14.3 Å². The minimum absolute atomic E-state index is 0.0205. The Labute approximate surface area is 188 Å². The Morgan fingerprint density at radius 2 is 1.52 bits per heavy atom. The van der Waals surface area contributed by atoms with Gasteiger partial charge in [0.25, 0.3) is 0 Å². The quantitative estimate of drug-likeness (QED) is 0.469. The normalized spacial score (nSPS) is 20.0. The Balaban J connectivity index is 0.000000323. The minimum atomic E-state index is -1.18. The molecule has 0 aromatic carbocycles. The molecule has 2 aliphatic carbocycles. The predicted molar refractivity (Wildman–Crippen MR) is 123 cm³/mol. The Kier molecular flexibility index (Phi) is 12.8. The van der Waals surface area contributed by atoms with Gasteiger partial charge in [-0.25, -0.2) is 9.59 Å². The molecule has 7 nitrogen and oxygen atoms in total. The molecule has 2 rings (SSSR count). The van der Waals surface area contributed by atoms with Crippen molar-refractivity contribution < 1.29 is 24.2 Å². The zero-order valence-electron chi connectivity index (χ0n) is 20.0. The molecule has 2 atom stereocenters. The zero-order valence-corrected chi connectivity index (χ0v) is 20.0. The Hall–Kier alpha value is -1.60. The molecule has 1 amide bonds. The largest absolute Gasteiger partial charge is 0.480 e. The molecule has 0 unspecified atom stereocenters. The van der Waals surface area contributed by atoms with Gasteiger partial charge in [0.05, 0.1) is 11.7 Å². The number of aliphatic carboxylic acids is 1. The number of carboxylic acids is 1. The van der Waals surface area contributed by atoms with Crippen LogP contribution >= 0.6 is 0 Å². The molecule has 0 aromatic heterocycles. The van der Waals surface area contributed by atoms with E-state index in [9.17, 15) is 9.59 Å². The smallest absolute Gasteiger partial charge is 0.408 e. The number of carbonyl (C=O) groups is 2. The lowest BCUT2D eigenvalue weighted by Crippen LogP contribution is -2.50. The van der Waals surface area contributed by atoms with Gasteiger partial charge in [0.15, 0.2) is 6.04 Å². The summed E-state index contributed by atoms with van der Waals surface area (Å²) in [6.07, 6.45) is 14.5. The van der Waals surface area contributed by atoms with Crippen molar-refractivity contribution in [2.45, 2.75) is 122 Å². The fraction of sp³-hybridized carbons (Fsp3) is 0.833. The van der Waals surface area contributed by atoms with Crippen molar-refractivity contribution >= 4 is 12.1 Å². The zero-order chi connectivity index (χ0) is 23.3. The summed E-state index contributed by atoms with van der Waals surface area (Å²) in [7, 11) is 0. The van der Waals surface area contributed by atoms with Gasteiger partial charge < -0.3 is 25.2 Å². The van der Waals surface area contributed by atoms with Crippen LogP contribution in [0.2, 0.25) is 0 Å². The number of rotatable bonds is 8. The molecule has 2 saturated carbocycles. The molecule has 0 aromatic rings. The number of hydrogen-bond acceptors (Lipinski definition) is 5. The first-order chi connectivity index (χ1) is 14.6. The van der Waals surface area contributed by atoms with E-state index in [0.29, 0.717) is 0 Å². The predicted octanol–water partition coefficient (Wildman–Crippen LogP) is 4.80. The number of hydrogen-bond donors (Lipinski definition) is 3. The SMILES string of the molecule is C1CCC(NC2CCCCC2)CC1.C=CCOC(=O)N[C@H](C(=O)O)[C@@H](C)OC(C)(C)C. The summed E-state index contributed by atoms with van der Waals surface area (Å²) < 4.78 is 10.2. The summed E-state index contributed by atoms with van der Waals surface area (Å²) in [5, 5.41) is 15.1. The lowest BCUT2D eigenvalue weighted by Gasteiger charge is -2.30. The fourth-order valence-electron chi connectivity index (χ4n) is 4.18. The molecule has 0 radical (unpaired) electrons. The second-order valence-electron chi connectivity index (χ2n) is 9.62. The van der Waals surface area contributed by atoms with Gasteiger partial charge in [0, 0.05) is 12.1 Å². The first kappa shape index (κ1) is 27.4. The molecule has 2 aliphatic rings. The van der Waals surface area contributed by atoms with E-state index in [-0.39, 0.29) is 6.61 Å². The van der Waals surface area contributed by atoms with Crippen LogP contribution in [0.5, 0.6) is 0 Å². The summed E-state index contributed by atoms with van der Waals surface area (Å²) in [6.45, 7) is 10.4. The average Bonchev–Trinajstić information content (AvgIpc) is 2.71. The number of nitrogens with one attached hydrogen (secondary N) is 2. The van der Waals surface area contributed by atoms with E-state index in [1.54, 1.807) is 27.7 Å². The van der Waals surface area contributed by atoms with E-state index in [1.807, 2.05) is 0 Å². The minimum Gasteiger partial charge on any atom is -0.480 e. The van der Waals surface area contributed by atoms with Gasteiger partial charge in [-0.15, -0.1) is 0 Å². The third-order valence-electron chi connectivity index (χ3n) is 5.56. The van der Waals surface area contributed by atoms with Crippen molar-refractivity contribution in [2.24, 2.45) is 0 Å². The molecule has 31 heavy (non-hydrogen) atoms. The van der Waals surface area contributed by atoms with Crippen molar-refractivity contribution in [3.8, 4) is 0 Å². The topological polar surface area (TPSA) is 96.9 Å². The summed E-state index contributed by atoms with van der Waals surface area (Å²) in [4.78, 5) is 22.4. The highest BCUT2D eigenvalue weighted by molar-refractivity contribution is 5.80. The van der Waals surface area contributed by atoms with Crippen molar-refractivity contribution in [2.75, 3.05) is 6.61 Å². The first-order valence-electron chi connectivity index (χ1n) is 11.8. The molecule has 0 heterocycles. The van der Waals surface area contributed by atoms with Crippen LogP contribution < -0.4 is 10.6 Å². The highest BCUT2D eigenvalue weighted by Gasteiger charge is 2.30. The number of carbonyl (C=O) groups excluding carboxylic acids is 1. The van der Waals surface area contributed by atoms with Gasteiger partial charge in [0.1, 0.15) is 6.61 Å². The molecule has 0 spiro atoms. The number of carboxylic acid groups (broad SMARTS) is 1. The maximum Gasteiger partial charge on any atom is 0.408 e. The van der Waals surface area contributed by atoms with E-state index in [4.69, 9.17) is 9.84 Å². The second-order valence-corrected chi connectivity index (χ2v) is 9.62. The summed E-state index contributed by atoms with van der Waals surface area (Å²) in [6, 6.07) is 0.579. The molecule has 3 N–H and O–H groups in total. The molecular weight excluding hydrogens is 396 g/mol. The van der Waals surface area contributed by atoms with Crippen LogP contribution in [0.25, 0.3) is 0 Å². The summed E-state index contributed by atoms with van der Waals surface area (Å²) >= 11 is 0. The van der Waals surface area contributed by atoms with Crippen molar-refractivity contribution in [3.63, 3.8) is 0 Å². The Morgan fingerprint density at radius 3 is 1.90 bits per heavy atom. The average molecular weight is 441 g/mol. The number of ether oxygens (including phenoxy) is 2. The van der Waals surface area contributed by atoms with E-state index in [2.05, 4.69) is 21.9 Å². The van der Waals surface area contributed by atoms with Gasteiger partial charge in [-0.3, -0.25) is 0 Å². The lowest BCUT2D eigenvalue weighted by molar-refractivity contribution is -0.147. The van der Waals surface area contributed by atoms with Crippen LogP contribution in [0.15, 0.2) is 12.7 Å². The van der Waals surface area contributed by atoms with Gasteiger partial charge in [-0.1, -0.05) is 51.2 Å². The molecule has 0 aliphatic heterocycles. The van der Waals surface area contributed by atoms with Crippen LogP contribution in [-0.4, -0.2) is 53.6 Å². The lowest BCUT2D eigenvalue weighted by atomic mass is 9.91.